The molecule has 1 atom stereocenters. The van der Waals surface area contributed by atoms with E-state index in [0.717, 1.165) is 0 Å². The van der Waals surface area contributed by atoms with Crippen molar-refractivity contribution >= 4 is 21.6 Å². The van der Waals surface area contributed by atoms with Gasteiger partial charge in [0.1, 0.15) is 5.75 Å². The lowest BCUT2D eigenvalue weighted by Crippen LogP contribution is -2.33. The molecule has 1 aliphatic heterocycles. The molecule has 1 aromatic rings. The zero-order valence-electron chi connectivity index (χ0n) is 10.3. The van der Waals surface area contributed by atoms with Gasteiger partial charge in [-0.3, -0.25) is 0 Å². The fourth-order valence-electron chi connectivity index (χ4n) is 2.02. The predicted octanol–water partition coefficient (Wildman–Crippen LogP) is 0.948. The zero-order chi connectivity index (χ0) is 13.9. The lowest BCUT2D eigenvalue weighted by atomic mass is 10.1. The minimum absolute atomic E-state index is 0.0129. The summed E-state index contributed by atoms with van der Waals surface area (Å²) in [4.78, 5) is 11.6. The van der Waals surface area contributed by atoms with Gasteiger partial charge in [-0.25, -0.2) is 13.2 Å². The number of carbonyl (C=O) groups is 1. The normalized spacial score (nSPS) is 20.9. The van der Waals surface area contributed by atoms with E-state index in [2.05, 4.69) is 10.6 Å². The fraction of sp³-hybridized carbons (Fsp3) is 0.417. The Morgan fingerprint density at radius 1 is 1.37 bits per heavy atom. The van der Waals surface area contributed by atoms with Crippen LogP contribution in [-0.4, -0.2) is 37.6 Å². The van der Waals surface area contributed by atoms with Gasteiger partial charge in [-0.05, 0) is 24.5 Å². The standard InChI is InChI=1S/C12H16N2O4S/c15-11-4-2-1-3-10(11)14-12(16)13-7-9-5-6-19(17,18)8-9/h1-4,9,15H,5-8H2,(H2,13,14,16). The summed E-state index contributed by atoms with van der Waals surface area (Å²) in [5.41, 5.74) is 0.319. The molecule has 1 unspecified atom stereocenters. The van der Waals surface area contributed by atoms with Gasteiger partial charge in [0.05, 0.1) is 17.2 Å². The molecule has 1 heterocycles. The van der Waals surface area contributed by atoms with Crippen molar-refractivity contribution < 1.29 is 18.3 Å². The topological polar surface area (TPSA) is 95.5 Å². The van der Waals surface area contributed by atoms with Crippen molar-refractivity contribution in [2.75, 3.05) is 23.4 Å². The Hall–Kier alpha value is -1.76. The molecule has 1 aromatic carbocycles. The highest BCUT2D eigenvalue weighted by atomic mass is 32.2. The van der Waals surface area contributed by atoms with E-state index in [1.807, 2.05) is 0 Å². The molecule has 104 valence electrons. The smallest absolute Gasteiger partial charge is 0.319 e. The summed E-state index contributed by atoms with van der Waals surface area (Å²) in [6.45, 7) is 0.318. The number of phenolic OH excluding ortho intramolecular Hbond substituents is 1. The molecule has 7 heteroatoms. The number of aromatic hydroxyl groups is 1. The second-order valence-electron chi connectivity index (χ2n) is 4.62. The lowest BCUT2D eigenvalue weighted by Gasteiger charge is -2.11. The molecule has 0 spiro atoms. The number of urea groups is 1. The van der Waals surface area contributed by atoms with Gasteiger partial charge in [-0.2, -0.15) is 0 Å². The SMILES string of the molecule is O=C(NCC1CCS(=O)(=O)C1)Nc1ccccc1O. The average Bonchev–Trinajstić information content (AvgIpc) is 2.69. The van der Waals surface area contributed by atoms with Gasteiger partial charge < -0.3 is 15.7 Å². The van der Waals surface area contributed by atoms with E-state index in [0.29, 0.717) is 18.7 Å². The minimum atomic E-state index is -2.92. The van der Waals surface area contributed by atoms with Crippen LogP contribution >= 0.6 is 0 Å². The van der Waals surface area contributed by atoms with Crippen molar-refractivity contribution in [2.45, 2.75) is 6.42 Å². The predicted molar refractivity (Wildman–Crippen MR) is 71.9 cm³/mol. The van der Waals surface area contributed by atoms with Gasteiger partial charge in [0.15, 0.2) is 9.84 Å². The minimum Gasteiger partial charge on any atom is -0.506 e. The number of rotatable bonds is 3. The van der Waals surface area contributed by atoms with Gasteiger partial charge in [-0.1, -0.05) is 12.1 Å². The zero-order valence-corrected chi connectivity index (χ0v) is 11.1. The first-order valence-electron chi connectivity index (χ1n) is 5.99. The molecule has 2 rings (SSSR count). The third kappa shape index (κ3) is 3.85. The number of sulfone groups is 1. The highest BCUT2D eigenvalue weighted by Gasteiger charge is 2.27. The van der Waals surface area contributed by atoms with Crippen molar-refractivity contribution in [3.63, 3.8) is 0 Å². The Morgan fingerprint density at radius 3 is 2.74 bits per heavy atom. The summed E-state index contributed by atoms with van der Waals surface area (Å²) >= 11 is 0. The largest absolute Gasteiger partial charge is 0.506 e. The third-order valence-corrected chi connectivity index (χ3v) is 4.87. The number of hydrogen-bond acceptors (Lipinski definition) is 4. The maximum atomic E-state index is 11.6. The van der Waals surface area contributed by atoms with Crippen LogP contribution in [0.5, 0.6) is 5.75 Å². The molecule has 0 radical (unpaired) electrons. The molecule has 0 saturated carbocycles. The van der Waals surface area contributed by atoms with Crippen LogP contribution in [0.4, 0.5) is 10.5 Å². The van der Waals surface area contributed by atoms with Crippen molar-refractivity contribution in [3.8, 4) is 5.75 Å². The van der Waals surface area contributed by atoms with Crippen molar-refractivity contribution in [1.82, 2.24) is 5.32 Å². The van der Waals surface area contributed by atoms with Crippen LogP contribution in [0, 0.1) is 5.92 Å². The first kappa shape index (κ1) is 13.7. The number of para-hydroxylation sites is 2. The van der Waals surface area contributed by atoms with Gasteiger partial charge in [0.2, 0.25) is 0 Å². The number of hydrogen-bond donors (Lipinski definition) is 3. The first-order chi connectivity index (χ1) is 8.96. The van der Waals surface area contributed by atoms with Gasteiger partial charge >= 0.3 is 6.03 Å². The molecule has 0 aliphatic carbocycles. The number of anilines is 1. The molecule has 0 aromatic heterocycles. The highest BCUT2D eigenvalue weighted by Crippen LogP contribution is 2.21. The molecular formula is C12H16N2O4S. The number of amides is 2. The molecular weight excluding hydrogens is 268 g/mol. The Balaban J connectivity index is 1.81. The van der Waals surface area contributed by atoms with Crippen molar-refractivity contribution in [2.24, 2.45) is 5.92 Å². The van der Waals surface area contributed by atoms with Crippen LogP contribution in [0.1, 0.15) is 6.42 Å². The Morgan fingerprint density at radius 2 is 2.11 bits per heavy atom. The van der Waals surface area contributed by atoms with Crippen LogP contribution in [0.15, 0.2) is 24.3 Å². The third-order valence-electron chi connectivity index (χ3n) is 3.03. The number of nitrogens with one attached hydrogen (secondary N) is 2. The fourth-order valence-corrected chi connectivity index (χ4v) is 3.88. The van der Waals surface area contributed by atoms with E-state index >= 15 is 0 Å². The second kappa shape index (κ2) is 5.48. The highest BCUT2D eigenvalue weighted by molar-refractivity contribution is 7.91. The van der Waals surface area contributed by atoms with E-state index in [1.165, 1.54) is 6.07 Å². The van der Waals surface area contributed by atoms with E-state index < -0.39 is 15.9 Å². The van der Waals surface area contributed by atoms with Gasteiger partial charge in [0, 0.05) is 6.54 Å². The molecule has 0 bridgehead atoms. The quantitative estimate of drug-likeness (QED) is 0.720. The molecule has 1 saturated heterocycles. The first-order valence-corrected chi connectivity index (χ1v) is 7.82. The maximum absolute atomic E-state index is 11.6. The Labute approximate surface area is 111 Å². The van der Waals surface area contributed by atoms with Crippen LogP contribution in [0.2, 0.25) is 0 Å². The molecule has 1 fully saturated rings. The van der Waals surface area contributed by atoms with E-state index in [4.69, 9.17) is 0 Å². The van der Waals surface area contributed by atoms with Crippen LogP contribution < -0.4 is 10.6 Å². The molecule has 2 amide bonds. The number of benzene rings is 1. The summed E-state index contributed by atoms with van der Waals surface area (Å²) in [7, 11) is -2.92. The maximum Gasteiger partial charge on any atom is 0.319 e. The summed E-state index contributed by atoms with van der Waals surface area (Å²) in [6.07, 6.45) is 0.583. The summed E-state index contributed by atoms with van der Waals surface area (Å²) < 4.78 is 22.5. The summed E-state index contributed by atoms with van der Waals surface area (Å²) in [5, 5.41) is 14.6. The Bertz CT molecular complexity index is 571. The van der Waals surface area contributed by atoms with Crippen molar-refractivity contribution in [3.05, 3.63) is 24.3 Å². The molecule has 1 aliphatic rings. The van der Waals surface area contributed by atoms with Crippen LogP contribution in [-0.2, 0) is 9.84 Å². The summed E-state index contributed by atoms with van der Waals surface area (Å²) in [6, 6.07) is 5.94. The molecule has 19 heavy (non-hydrogen) atoms. The number of carbonyl (C=O) groups excluding carboxylic acids is 1. The number of phenols is 1. The monoisotopic (exact) mass is 284 g/mol. The molecule has 3 N–H and O–H groups in total. The lowest BCUT2D eigenvalue weighted by molar-refractivity contribution is 0.250. The average molecular weight is 284 g/mol. The van der Waals surface area contributed by atoms with Crippen LogP contribution in [0.25, 0.3) is 0 Å². The van der Waals surface area contributed by atoms with E-state index in [9.17, 15) is 18.3 Å². The van der Waals surface area contributed by atoms with Crippen molar-refractivity contribution in [1.29, 1.82) is 0 Å². The van der Waals surface area contributed by atoms with Gasteiger partial charge in [-0.15, -0.1) is 0 Å². The van der Waals surface area contributed by atoms with Gasteiger partial charge in [0.25, 0.3) is 0 Å². The summed E-state index contributed by atoms with van der Waals surface area (Å²) in [5.74, 6) is 0.283. The van der Waals surface area contributed by atoms with E-state index in [-0.39, 0.29) is 23.2 Å². The second-order valence-corrected chi connectivity index (χ2v) is 6.85. The van der Waals surface area contributed by atoms with E-state index in [1.54, 1.807) is 18.2 Å². The molecule has 6 nitrogen and oxygen atoms in total. The van der Waals surface area contributed by atoms with Crippen LogP contribution in [0.3, 0.4) is 0 Å². The Kier molecular flexibility index (Phi) is 3.94.